The van der Waals surface area contributed by atoms with Crippen LogP contribution in [0.4, 0.5) is 4.79 Å². The summed E-state index contributed by atoms with van der Waals surface area (Å²) in [5.74, 6) is -1.12. The fourth-order valence-corrected chi connectivity index (χ4v) is 2.79. The van der Waals surface area contributed by atoms with E-state index in [1.807, 2.05) is 19.9 Å². The van der Waals surface area contributed by atoms with Gasteiger partial charge in [-0.15, -0.1) is 0 Å². The lowest BCUT2D eigenvalue weighted by Crippen LogP contribution is -2.44. The molecule has 1 aromatic rings. The van der Waals surface area contributed by atoms with Crippen molar-refractivity contribution in [2.45, 2.75) is 58.4 Å². The molecule has 0 fully saturated rings. The van der Waals surface area contributed by atoms with Crippen molar-refractivity contribution in [1.29, 1.82) is 0 Å². The standard InChI is InChI=1S/C19H26N2O4/c1-3-13(2)20-19(24)21-17(22)12-25-18(23)11-14-8-9-15-6-4-5-7-16(15)10-14/h8-10,13H,3-7,11-12H2,1-2H3,(H2,20,21,22,24)/t13-/m1/s1. The fraction of sp³-hybridized carbons (Fsp3) is 0.526. The predicted molar refractivity (Wildman–Crippen MR) is 94.2 cm³/mol. The Morgan fingerprint density at radius 1 is 1.16 bits per heavy atom. The van der Waals surface area contributed by atoms with Crippen LogP contribution < -0.4 is 10.6 Å². The third-order valence-corrected chi connectivity index (χ3v) is 4.37. The number of amides is 3. The van der Waals surface area contributed by atoms with Gasteiger partial charge in [-0.25, -0.2) is 4.79 Å². The molecule has 0 aromatic heterocycles. The lowest BCUT2D eigenvalue weighted by Gasteiger charge is -2.16. The molecule has 0 bridgehead atoms. The molecule has 3 amide bonds. The number of hydrogen-bond acceptors (Lipinski definition) is 4. The zero-order valence-electron chi connectivity index (χ0n) is 14.9. The Kier molecular flexibility index (Phi) is 6.98. The maximum absolute atomic E-state index is 11.9. The van der Waals surface area contributed by atoms with Crippen LogP contribution >= 0.6 is 0 Å². The Balaban J connectivity index is 1.75. The van der Waals surface area contributed by atoms with Crippen molar-refractivity contribution in [1.82, 2.24) is 10.6 Å². The van der Waals surface area contributed by atoms with E-state index in [9.17, 15) is 14.4 Å². The second-order valence-electron chi connectivity index (χ2n) is 6.48. The van der Waals surface area contributed by atoms with Crippen molar-refractivity contribution in [2.75, 3.05) is 6.61 Å². The number of benzene rings is 1. The third kappa shape index (κ3) is 6.21. The van der Waals surface area contributed by atoms with Crippen LogP contribution in [-0.2, 0) is 33.6 Å². The van der Waals surface area contributed by atoms with Gasteiger partial charge in [-0.05, 0) is 55.7 Å². The zero-order chi connectivity index (χ0) is 18.2. The molecule has 0 saturated heterocycles. The number of carbonyl (C=O) groups is 3. The number of hydrogen-bond donors (Lipinski definition) is 2. The Morgan fingerprint density at radius 3 is 2.60 bits per heavy atom. The van der Waals surface area contributed by atoms with E-state index in [1.165, 1.54) is 24.0 Å². The monoisotopic (exact) mass is 346 g/mol. The number of urea groups is 1. The van der Waals surface area contributed by atoms with Crippen LogP contribution in [0.2, 0.25) is 0 Å². The number of nitrogens with one attached hydrogen (secondary N) is 2. The molecule has 0 spiro atoms. The molecule has 1 atom stereocenters. The normalized spacial score (nSPS) is 14.2. The van der Waals surface area contributed by atoms with Crippen molar-refractivity contribution < 1.29 is 19.1 Å². The average molecular weight is 346 g/mol. The molecule has 1 aliphatic carbocycles. The summed E-state index contributed by atoms with van der Waals surface area (Å²) in [7, 11) is 0. The molecule has 2 N–H and O–H groups in total. The minimum absolute atomic E-state index is 0.0284. The van der Waals surface area contributed by atoms with E-state index in [0.29, 0.717) is 0 Å². The molecule has 136 valence electrons. The summed E-state index contributed by atoms with van der Waals surface area (Å²) in [5, 5.41) is 4.74. The van der Waals surface area contributed by atoms with Gasteiger partial charge in [0.15, 0.2) is 6.61 Å². The van der Waals surface area contributed by atoms with Crippen LogP contribution in [0.5, 0.6) is 0 Å². The van der Waals surface area contributed by atoms with Crippen molar-refractivity contribution in [3.8, 4) is 0 Å². The molecule has 0 unspecified atom stereocenters. The summed E-state index contributed by atoms with van der Waals surface area (Å²) >= 11 is 0. The number of fused-ring (bicyclic) bond motifs is 1. The van der Waals surface area contributed by atoms with Crippen LogP contribution in [0.15, 0.2) is 18.2 Å². The van der Waals surface area contributed by atoms with Gasteiger partial charge in [0.1, 0.15) is 0 Å². The zero-order valence-corrected chi connectivity index (χ0v) is 14.9. The van der Waals surface area contributed by atoms with E-state index in [1.54, 1.807) is 0 Å². The molecule has 0 radical (unpaired) electrons. The predicted octanol–water partition coefficient (Wildman–Crippen LogP) is 2.28. The van der Waals surface area contributed by atoms with E-state index < -0.39 is 24.5 Å². The number of imide groups is 1. The van der Waals surface area contributed by atoms with E-state index >= 15 is 0 Å². The smallest absolute Gasteiger partial charge is 0.321 e. The molecule has 0 heterocycles. The third-order valence-electron chi connectivity index (χ3n) is 4.37. The number of aryl methyl sites for hydroxylation is 2. The first-order valence-corrected chi connectivity index (χ1v) is 8.84. The van der Waals surface area contributed by atoms with Gasteiger partial charge in [0, 0.05) is 6.04 Å². The molecule has 2 rings (SSSR count). The van der Waals surface area contributed by atoms with Crippen LogP contribution in [0.25, 0.3) is 0 Å². The first-order valence-electron chi connectivity index (χ1n) is 8.84. The van der Waals surface area contributed by atoms with Crippen LogP contribution in [0.3, 0.4) is 0 Å². The van der Waals surface area contributed by atoms with Crippen molar-refractivity contribution in [3.63, 3.8) is 0 Å². The highest BCUT2D eigenvalue weighted by molar-refractivity contribution is 5.95. The largest absolute Gasteiger partial charge is 0.455 e. The Bertz CT molecular complexity index is 642. The molecule has 6 nitrogen and oxygen atoms in total. The maximum atomic E-state index is 11.9. The Labute approximate surface area is 148 Å². The van der Waals surface area contributed by atoms with Gasteiger partial charge >= 0.3 is 12.0 Å². The minimum Gasteiger partial charge on any atom is -0.455 e. The quantitative estimate of drug-likeness (QED) is 0.774. The molecule has 6 heteroatoms. The van der Waals surface area contributed by atoms with Gasteiger partial charge in [-0.1, -0.05) is 25.1 Å². The van der Waals surface area contributed by atoms with Crippen molar-refractivity contribution in [3.05, 3.63) is 34.9 Å². The second-order valence-corrected chi connectivity index (χ2v) is 6.48. The van der Waals surface area contributed by atoms with Gasteiger partial charge in [0.25, 0.3) is 5.91 Å². The van der Waals surface area contributed by atoms with Crippen LogP contribution in [-0.4, -0.2) is 30.6 Å². The minimum atomic E-state index is -0.639. The Hall–Kier alpha value is -2.37. The van der Waals surface area contributed by atoms with E-state index in [2.05, 4.69) is 22.8 Å². The van der Waals surface area contributed by atoms with Crippen LogP contribution in [0.1, 0.15) is 49.8 Å². The second kappa shape index (κ2) is 9.20. The molecule has 25 heavy (non-hydrogen) atoms. The Morgan fingerprint density at radius 2 is 1.88 bits per heavy atom. The highest BCUT2D eigenvalue weighted by atomic mass is 16.5. The molecule has 0 aliphatic heterocycles. The number of ether oxygens (including phenoxy) is 1. The van der Waals surface area contributed by atoms with Gasteiger partial charge in [-0.3, -0.25) is 14.9 Å². The topological polar surface area (TPSA) is 84.5 Å². The van der Waals surface area contributed by atoms with Gasteiger partial charge in [-0.2, -0.15) is 0 Å². The highest BCUT2D eigenvalue weighted by Gasteiger charge is 2.14. The van der Waals surface area contributed by atoms with Gasteiger partial charge in [0.05, 0.1) is 6.42 Å². The lowest BCUT2D eigenvalue weighted by molar-refractivity contribution is -0.147. The van der Waals surface area contributed by atoms with Crippen molar-refractivity contribution >= 4 is 17.9 Å². The molecular formula is C19H26N2O4. The number of esters is 1. The SMILES string of the molecule is CC[C@@H](C)NC(=O)NC(=O)COC(=O)Cc1ccc2c(c1)CCCC2. The number of carbonyl (C=O) groups excluding carboxylic acids is 3. The molecule has 1 aliphatic rings. The summed E-state index contributed by atoms with van der Waals surface area (Å²) in [6.45, 7) is 3.30. The van der Waals surface area contributed by atoms with E-state index in [4.69, 9.17) is 4.74 Å². The fourth-order valence-electron chi connectivity index (χ4n) is 2.79. The van der Waals surface area contributed by atoms with E-state index in [-0.39, 0.29) is 12.5 Å². The summed E-state index contributed by atoms with van der Waals surface area (Å²) in [6.07, 6.45) is 5.43. The lowest BCUT2D eigenvalue weighted by atomic mass is 9.90. The highest BCUT2D eigenvalue weighted by Crippen LogP contribution is 2.22. The molecule has 1 aromatic carbocycles. The summed E-state index contributed by atoms with van der Waals surface area (Å²) in [4.78, 5) is 35.0. The first-order chi connectivity index (χ1) is 12.0. The number of rotatable bonds is 6. The summed E-state index contributed by atoms with van der Waals surface area (Å²) < 4.78 is 4.95. The summed E-state index contributed by atoms with van der Waals surface area (Å²) in [5.41, 5.74) is 3.55. The molecule has 0 saturated carbocycles. The van der Waals surface area contributed by atoms with Crippen LogP contribution in [0, 0.1) is 0 Å². The van der Waals surface area contributed by atoms with Gasteiger partial charge < -0.3 is 10.1 Å². The maximum Gasteiger partial charge on any atom is 0.321 e. The van der Waals surface area contributed by atoms with E-state index in [0.717, 1.165) is 24.8 Å². The average Bonchev–Trinajstić information content (AvgIpc) is 2.59. The van der Waals surface area contributed by atoms with Crippen molar-refractivity contribution in [2.24, 2.45) is 0 Å². The van der Waals surface area contributed by atoms with Gasteiger partial charge in [0.2, 0.25) is 0 Å². The first kappa shape index (κ1) is 19.0. The molecular weight excluding hydrogens is 320 g/mol. The summed E-state index contributed by atoms with van der Waals surface area (Å²) in [6, 6.07) is 5.45.